The van der Waals surface area contributed by atoms with Gasteiger partial charge in [0.25, 0.3) is 0 Å². The molecule has 2 amide bonds. The van der Waals surface area contributed by atoms with E-state index in [1.807, 2.05) is 38.2 Å². The van der Waals surface area contributed by atoms with E-state index in [4.69, 9.17) is 28.6 Å². The van der Waals surface area contributed by atoms with Gasteiger partial charge in [0.15, 0.2) is 17.7 Å². The van der Waals surface area contributed by atoms with Gasteiger partial charge in [-0.2, -0.15) is 0 Å². The van der Waals surface area contributed by atoms with Crippen LogP contribution in [-0.2, 0) is 26.1 Å². The number of fused-ring (bicyclic) bond motifs is 7. The molecule has 5 aliphatic heterocycles. The molecule has 5 aliphatic rings. The molecule has 0 saturated heterocycles. The Morgan fingerprint density at radius 2 is 1.98 bits per heavy atom. The fourth-order valence-corrected chi connectivity index (χ4v) is 8.42. The maximum Gasteiger partial charge on any atom is 0.408 e. The molecule has 2 aromatic heterocycles. The van der Waals surface area contributed by atoms with Gasteiger partial charge in [0, 0.05) is 51.5 Å². The number of hydrogen-bond donors (Lipinski definition) is 4. The summed E-state index contributed by atoms with van der Waals surface area (Å²) in [4.78, 5) is 40.4. The predicted molar refractivity (Wildman–Crippen MR) is 188 cm³/mol. The predicted octanol–water partition coefficient (Wildman–Crippen LogP) is 5.78. The minimum absolute atomic E-state index is 0.0115. The number of oxazole rings is 1. The highest BCUT2D eigenvalue weighted by Gasteiger charge is 2.62. The number of nitrogens with one attached hydrogen (secondary N) is 4. The Kier molecular flexibility index (Phi) is 6.28. The molecule has 0 radical (unpaired) electrons. The van der Waals surface area contributed by atoms with Crippen LogP contribution in [0.15, 0.2) is 82.9 Å². The molecular weight excluding hydrogens is 648 g/mol. The Morgan fingerprint density at radius 3 is 2.84 bits per heavy atom. The van der Waals surface area contributed by atoms with Crippen LogP contribution in [0, 0.1) is 5.92 Å². The molecule has 0 fully saturated rings. The third-order valence-electron chi connectivity index (χ3n) is 10.7. The number of carbonyl (C=O) groups is 2. The van der Waals surface area contributed by atoms with Crippen LogP contribution in [0.3, 0.4) is 0 Å². The summed E-state index contributed by atoms with van der Waals surface area (Å²) in [5.41, 5.74) is 7.07. The summed E-state index contributed by atoms with van der Waals surface area (Å²) in [6.45, 7) is 7.99. The van der Waals surface area contributed by atoms with Gasteiger partial charge < -0.3 is 39.6 Å². The van der Waals surface area contributed by atoms with Crippen LogP contribution < -0.4 is 20.7 Å². The smallest absolute Gasteiger partial charge is 0.408 e. The van der Waals surface area contributed by atoms with E-state index in [0.29, 0.717) is 35.5 Å². The number of para-hydroxylation sites is 1. The number of aliphatic imine (C=N–C) groups is 1. The number of benzene rings is 3. The standard InChI is InChI=1S/C39H34N6O6/c1-4-13-48-38(47)42-26-15-19-11-12-27-24(14-19)39-23-9-5-8-21(31(23)45-37(39)50-27)20-7-6-10-25-29(20)22(16-40-25)28-17-41-35(49-28)32-33(39)51-36(44-32)30(18(2)3)43-34(26)46/h4-12,14,16,18,26,28,30,37,40,45H,1,13,15,17H2,2-3H3,(H,42,47)(H,43,46)/t26?,28?,30-,37?,39?/m0/s1. The fraction of sp³-hybridized carbons (Fsp3) is 0.282. The van der Waals surface area contributed by atoms with Crippen molar-refractivity contribution in [2.45, 2.75) is 50.1 Å². The van der Waals surface area contributed by atoms with Crippen molar-refractivity contribution in [3.05, 3.63) is 113 Å². The zero-order chi connectivity index (χ0) is 34.6. The first-order valence-electron chi connectivity index (χ1n) is 17.2. The molecule has 12 nitrogen and oxygen atoms in total. The van der Waals surface area contributed by atoms with Crippen molar-refractivity contribution in [2.24, 2.45) is 10.9 Å². The molecule has 256 valence electrons. The molecule has 12 heteroatoms. The van der Waals surface area contributed by atoms with Crippen molar-refractivity contribution in [3.8, 4) is 16.9 Å². The van der Waals surface area contributed by atoms with E-state index < -0.39 is 35.7 Å². The van der Waals surface area contributed by atoms with E-state index in [0.717, 1.165) is 50.0 Å². The molecule has 5 atom stereocenters. The van der Waals surface area contributed by atoms with Gasteiger partial charge in [-0.3, -0.25) is 4.79 Å². The number of nitrogens with zero attached hydrogens (tertiary/aromatic N) is 2. The van der Waals surface area contributed by atoms with Crippen molar-refractivity contribution in [1.82, 2.24) is 20.6 Å². The highest BCUT2D eigenvalue weighted by Crippen LogP contribution is 2.60. The molecule has 51 heavy (non-hydrogen) atoms. The Labute approximate surface area is 292 Å². The average molecular weight is 683 g/mol. The van der Waals surface area contributed by atoms with Crippen molar-refractivity contribution >= 4 is 34.5 Å². The Bertz CT molecular complexity index is 2360. The van der Waals surface area contributed by atoms with E-state index in [-0.39, 0.29) is 25.0 Å². The maximum absolute atomic E-state index is 14.0. The monoisotopic (exact) mass is 682 g/mol. The maximum atomic E-state index is 14.0. The Morgan fingerprint density at radius 1 is 1.12 bits per heavy atom. The number of alkyl carbamates (subject to hydrolysis) is 1. The van der Waals surface area contributed by atoms with Gasteiger partial charge in [-0.15, -0.1) is 0 Å². The van der Waals surface area contributed by atoms with E-state index in [1.165, 1.54) is 6.08 Å². The molecule has 5 aromatic rings. The lowest BCUT2D eigenvalue weighted by atomic mass is 9.72. The molecule has 10 bridgehead atoms. The van der Waals surface area contributed by atoms with Gasteiger partial charge in [0.1, 0.15) is 36.0 Å². The summed E-state index contributed by atoms with van der Waals surface area (Å²) < 4.78 is 25.8. The second-order valence-electron chi connectivity index (χ2n) is 14.0. The lowest BCUT2D eigenvalue weighted by molar-refractivity contribution is -0.124. The number of hydrogen-bond acceptors (Lipinski definition) is 9. The van der Waals surface area contributed by atoms with Crippen LogP contribution in [0.25, 0.3) is 22.0 Å². The molecular formula is C39H34N6O6. The van der Waals surface area contributed by atoms with Crippen LogP contribution >= 0.6 is 0 Å². The fourth-order valence-electron chi connectivity index (χ4n) is 8.42. The number of ether oxygens (including phenoxy) is 3. The van der Waals surface area contributed by atoms with Crippen LogP contribution in [0.5, 0.6) is 5.75 Å². The second-order valence-corrected chi connectivity index (χ2v) is 14.0. The summed E-state index contributed by atoms with van der Waals surface area (Å²) in [6, 6.07) is 16.8. The zero-order valence-corrected chi connectivity index (χ0v) is 27.9. The van der Waals surface area contributed by atoms with Crippen molar-refractivity contribution in [1.29, 1.82) is 0 Å². The second kappa shape index (κ2) is 10.7. The first-order valence-corrected chi connectivity index (χ1v) is 17.2. The molecule has 4 N–H and O–H groups in total. The number of aromatic amines is 1. The van der Waals surface area contributed by atoms with E-state index in [2.05, 4.69) is 63.9 Å². The van der Waals surface area contributed by atoms with Gasteiger partial charge in [-0.1, -0.05) is 69.0 Å². The minimum Gasteiger partial charge on any atom is -0.469 e. The summed E-state index contributed by atoms with van der Waals surface area (Å²) in [6.07, 6.45) is 1.99. The highest BCUT2D eigenvalue weighted by molar-refractivity contribution is 6.04. The van der Waals surface area contributed by atoms with Gasteiger partial charge in [0.05, 0.1) is 6.54 Å². The van der Waals surface area contributed by atoms with E-state index >= 15 is 0 Å². The number of rotatable bonds is 4. The van der Waals surface area contributed by atoms with Crippen molar-refractivity contribution < 1.29 is 28.2 Å². The quantitative estimate of drug-likeness (QED) is 0.174. The van der Waals surface area contributed by atoms with E-state index in [9.17, 15) is 9.59 Å². The normalized spacial score (nSPS) is 24.6. The van der Waals surface area contributed by atoms with Crippen molar-refractivity contribution in [3.63, 3.8) is 0 Å². The number of aromatic nitrogens is 2. The average Bonchev–Trinajstić information content (AvgIpc) is 3.95. The lowest BCUT2D eigenvalue weighted by Crippen LogP contribution is -2.49. The van der Waals surface area contributed by atoms with Gasteiger partial charge in [0.2, 0.25) is 17.7 Å². The topological polar surface area (TPSA) is 152 Å². The van der Waals surface area contributed by atoms with Crippen LogP contribution in [0.1, 0.15) is 65.6 Å². The largest absolute Gasteiger partial charge is 0.469 e. The summed E-state index contributed by atoms with van der Waals surface area (Å²) in [5, 5.41) is 10.8. The third-order valence-corrected chi connectivity index (χ3v) is 10.7. The van der Waals surface area contributed by atoms with Crippen LogP contribution in [-0.4, -0.2) is 53.3 Å². The summed E-state index contributed by atoms with van der Waals surface area (Å²) in [5.74, 6) is 1.32. The number of anilines is 1. The van der Waals surface area contributed by atoms with Gasteiger partial charge in [-0.25, -0.2) is 14.8 Å². The molecule has 0 saturated carbocycles. The van der Waals surface area contributed by atoms with Crippen molar-refractivity contribution in [2.75, 3.05) is 18.5 Å². The number of H-pyrrole nitrogens is 1. The first-order chi connectivity index (χ1) is 24.8. The number of amides is 2. The molecule has 7 heterocycles. The third kappa shape index (κ3) is 4.13. The molecule has 3 aromatic carbocycles. The SMILES string of the molecule is C=CCOC(=O)NC1Cc2ccc3c(c2)C24c5cccc(c5NC2O3)-c2cccc3[nH]cc(c23)C2CN=C(O2)c2nc(oc24)[C@H](C(C)C)NC1=O. The molecule has 4 unspecified atom stereocenters. The molecule has 10 rings (SSSR count). The summed E-state index contributed by atoms with van der Waals surface area (Å²) in [7, 11) is 0. The lowest BCUT2D eigenvalue weighted by Gasteiger charge is -2.29. The Balaban J connectivity index is 1.26. The molecule has 1 spiro atoms. The summed E-state index contributed by atoms with van der Waals surface area (Å²) >= 11 is 0. The van der Waals surface area contributed by atoms with E-state index in [1.54, 1.807) is 0 Å². The number of carbonyl (C=O) groups excluding carboxylic acids is 2. The van der Waals surface area contributed by atoms with Gasteiger partial charge in [-0.05, 0) is 29.2 Å². The van der Waals surface area contributed by atoms with Crippen LogP contribution in [0.2, 0.25) is 0 Å². The van der Waals surface area contributed by atoms with Crippen LogP contribution in [0.4, 0.5) is 10.5 Å². The first kappa shape index (κ1) is 29.8. The van der Waals surface area contributed by atoms with Gasteiger partial charge >= 0.3 is 6.09 Å². The minimum atomic E-state index is -1.02. The molecule has 0 aliphatic carbocycles. The highest BCUT2D eigenvalue weighted by atomic mass is 16.5. The Hall–Kier alpha value is -6.04. The zero-order valence-electron chi connectivity index (χ0n) is 27.9.